The summed E-state index contributed by atoms with van der Waals surface area (Å²) in [5.41, 5.74) is 7.46. The molecule has 0 aliphatic carbocycles. The molecule has 0 saturated carbocycles. The minimum atomic E-state index is 0.641. The van der Waals surface area contributed by atoms with E-state index in [1.807, 2.05) is 24.3 Å². The number of nitrogens with zero attached hydrogens (tertiary/aromatic N) is 1. The highest BCUT2D eigenvalue weighted by molar-refractivity contribution is 6.22. The molecule has 1 aromatic heterocycles. The minimum Gasteiger partial charge on any atom is -0.436 e. The second kappa shape index (κ2) is 7.96. The Labute approximate surface area is 203 Å². The molecule has 0 aliphatic rings. The maximum atomic E-state index is 6.22. The molecule has 2 heteroatoms. The average Bonchev–Trinajstić information content (AvgIpc) is 3.36. The van der Waals surface area contributed by atoms with Gasteiger partial charge in [-0.1, -0.05) is 109 Å². The van der Waals surface area contributed by atoms with Crippen molar-refractivity contribution < 1.29 is 4.42 Å². The number of para-hydroxylation sites is 2. The Morgan fingerprint density at radius 3 is 1.60 bits per heavy atom. The van der Waals surface area contributed by atoms with Crippen molar-refractivity contribution in [3.63, 3.8) is 0 Å². The normalized spacial score (nSPS) is 11.4. The molecule has 0 unspecified atom stereocenters. The molecule has 164 valence electrons. The van der Waals surface area contributed by atoms with Crippen molar-refractivity contribution in [1.82, 2.24) is 4.98 Å². The van der Waals surface area contributed by atoms with Gasteiger partial charge >= 0.3 is 0 Å². The maximum absolute atomic E-state index is 6.22. The minimum absolute atomic E-state index is 0.641. The van der Waals surface area contributed by atoms with Crippen LogP contribution in [0.5, 0.6) is 0 Å². The van der Waals surface area contributed by atoms with E-state index in [-0.39, 0.29) is 0 Å². The van der Waals surface area contributed by atoms with Crippen molar-refractivity contribution in [3.05, 3.63) is 127 Å². The summed E-state index contributed by atoms with van der Waals surface area (Å²) in [5.74, 6) is 0.641. The highest BCUT2D eigenvalue weighted by Gasteiger charge is 2.20. The van der Waals surface area contributed by atoms with Crippen LogP contribution in [0.4, 0.5) is 0 Å². The number of hydrogen-bond acceptors (Lipinski definition) is 2. The Hall–Kier alpha value is -4.69. The van der Waals surface area contributed by atoms with Gasteiger partial charge in [0.25, 0.3) is 0 Å². The van der Waals surface area contributed by atoms with E-state index in [9.17, 15) is 0 Å². The number of oxazole rings is 1. The summed E-state index contributed by atoms with van der Waals surface area (Å²) < 4.78 is 6.22. The van der Waals surface area contributed by atoms with Crippen LogP contribution in [0.3, 0.4) is 0 Å². The quantitative estimate of drug-likeness (QED) is 0.252. The van der Waals surface area contributed by atoms with Gasteiger partial charge in [0.1, 0.15) is 5.52 Å². The summed E-state index contributed by atoms with van der Waals surface area (Å²) in [6, 6.07) is 44.4. The van der Waals surface area contributed by atoms with Crippen LogP contribution in [0, 0.1) is 0 Å². The summed E-state index contributed by atoms with van der Waals surface area (Å²) in [6.07, 6.45) is 0. The van der Waals surface area contributed by atoms with Crippen molar-refractivity contribution in [2.24, 2.45) is 0 Å². The van der Waals surface area contributed by atoms with Crippen molar-refractivity contribution in [2.75, 3.05) is 0 Å². The van der Waals surface area contributed by atoms with E-state index in [1.54, 1.807) is 0 Å². The van der Waals surface area contributed by atoms with Crippen molar-refractivity contribution in [2.45, 2.75) is 0 Å². The van der Waals surface area contributed by atoms with Crippen LogP contribution < -0.4 is 0 Å². The number of benzene rings is 6. The van der Waals surface area contributed by atoms with Crippen molar-refractivity contribution in [1.29, 1.82) is 0 Å². The lowest BCUT2D eigenvalue weighted by molar-refractivity contribution is 0.620. The zero-order chi connectivity index (χ0) is 23.2. The highest BCUT2D eigenvalue weighted by atomic mass is 16.3. The van der Waals surface area contributed by atoms with Gasteiger partial charge in [0.15, 0.2) is 5.58 Å². The Kier molecular flexibility index (Phi) is 4.49. The first-order valence-corrected chi connectivity index (χ1v) is 11.8. The first kappa shape index (κ1) is 19.7. The summed E-state index contributed by atoms with van der Waals surface area (Å²) >= 11 is 0. The fraction of sp³-hybridized carbons (Fsp3) is 0. The second-order valence-corrected chi connectivity index (χ2v) is 8.74. The molecule has 0 atom stereocenters. The van der Waals surface area contributed by atoms with Crippen LogP contribution >= 0.6 is 0 Å². The second-order valence-electron chi connectivity index (χ2n) is 8.74. The van der Waals surface area contributed by atoms with E-state index >= 15 is 0 Å². The first-order chi connectivity index (χ1) is 17.4. The topological polar surface area (TPSA) is 26.0 Å². The SMILES string of the molecule is c1ccc(-c2c3ccccc3c(-c3ccccc3-c3nc4ccccc4o3)c3ccccc23)cc1. The number of hydrogen-bond donors (Lipinski definition) is 0. The van der Waals surface area contributed by atoms with Gasteiger partial charge in [-0.05, 0) is 62.0 Å². The fourth-order valence-corrected chi connectivity index (χ4v) is 5.21. The molecule has 6 aromatic carbocycles. The fourth-order valence-electron chi connectivity index (χ4n) is 5.21. The van der Waals surface area contributed by atoms with E-state index in [1.165, 1.54) is 38.2 Å². The molecule has 2 nitrogen and oxygen atoms in total. The molecule has 0 N–H and O–H groups in total. The first-order valence-electron chi connectivity index (χ1n) is 11.8. The van der Waals surface area contributed by atoms with Gasteiger partial charge in [0.05, 0.1) is 0 Å². The standard InChI is InChI=1S/C33H21NO/c1-2-12-22(13-3-1)31-23-14-4-6-16-25(23)32(26-17-7-5-15-24(26)31)27-18-8-9-19-28(27)33-34-29-20-10-11-21-30(29)35-33/h1-21H. The van der Waals surface area contributed by atoms with Crippen LogP contribution in [-0.4, -0.2) is 4.98 Å². The molecule has 7 aromatic rings. The third-order valence-electron chi connectivity index (χ3n) is 6.71. The monoisotopic (exact) mass is 447 g/mol. The smallest absolute Gasteiger partial charge is 0.227 e. The summed E-state index contributed by atoms with van der Waals surface area (Å²) in [4.78, 5) is 4.83. The van der Waals surface area contributed by atoms with Crippen molar-refractivity contribution >= 4 is 32.6 Å². The number of fused-ring (bicyclic) bond motifs is 3. The predicted molar refractivity (Wildman–Crippen MR) is 145 cm³/mol. The molecule has 7 rings (SSSR count). The lowest BCUT2D eigenvalue weighted by Gasteiger charge is -2.18. The predicted octanol–water partition coefficient (Wildman–Crippen LogP) is 9.14. The van der Waals surface area contributed by atoms with Gasteiger partial charge < -0.3 is 4.42 Å². The average molecular weight is 448 g/mol. The molecule has 0 bridgehead atoms. The Morgan fingerprint density at radius 1 is 0.429 bits per heavy atom. The van der Waals surface area contributed by atoms with Crippen molar-refractivity contribution in [3.8, 4) is 33.7 Å². The maximum Gasteiger partial charge on any atom is 0.227 e. The molecular formula is C33H21NO. The number of rotatable bonds is 3. The summed E-state index contributed by atoms with van der Waals surface area (Å²) in [5, 5.41) is 4.90. The van der Waals surface area contributed by atoms with E-state index in [4.69, 9.17) is 9.40 Å². The Morgan fingerprint density at radius 2 is 0.943 bits per heavy atom. The largest absolute Gasteiger partial charge is 0.436 e. The van der Waals surface area contributed by atoms with E-state index in [0.717, 1.165) is 22.2 Å². The van der Waals surface area contributed by atoms with Crippen LogP contribution in [0.15, 0.2) is 132 Å². The van der Waals surface area contributed by atoms with E-state index < -0.39 is 0 Å². The van der Waals surface area contributed by atoms with Crippen LogP contribution in [-0.2, 0) is 0 Å². The van der Waals surface area contributed by atoms with E-state index in [0.29, 0.717) is 5.89 Å². The zero-order valence-corrected chi connectivity index (χ0v) is 19.0. The molecule has 0 amide bonds. The van der Waals surface area contributed by atoms with E-state index in [2.05, 4.69) is 103 Å². The third kappa shape index (κ3) is 3.15. The molecule has 1 heterocycles. The van der Waals surface area contributed by atoms with Gasteiger partial charge in [-0.25, -0.2) is 4.98 Å². The van der Waals surface area contributed by atoms with Gasteiger partial charge in [-0.3, -0.25) is 0 Å². The lowest BCUT2D eigenvalue weighted by Crippen LogP contribution is -1.92. The molecule has 0 saturated heterocycles. The molecule has 35 heavy (non-hydrogen) atoms. The van der Waals surface area contributed by atoms with Gasteiger partial charge in [0, 0.05) is 5.56 Å². The molecule has 0 radical (unpaired) electrons. The van der Waals surface area contributed by atoms with Gasteiger partial charge in [-0.2, -0.15) is 0 Å². The molecular weight excluding hydrogens is 426 g/mol. The molecule has 0 fully saturated rings. The molecule has 0 spiro atoms. The van der Waals surface area contributed by atoms with Gasteiger partial charge in [0.2, 0.25) is 5.89 Å². The third-order valence-corrected chi connectivity index (χ3v) is 6.71. The van der Waals surface area contributed by atoms with Gasteiger partial charge in [-0.15, -0.1) is 0 Å². The number of aromatic nitrogens is 1. The van der Waals surface area contributed by atoms with Crippen LogP contribution in [0.25, 0.3) is 66.4 Å². The highest BCUT2D eigenvalue weighted by Crippen LogP contribution is 2.45. The molecule has 0 aliphatic heterocycles. The Balaban J connectivity index is 1.61. The summed E-state index contributed by atoms with van der Waals surface area (Å²) in [7, 11) is 0. The van der Waals surface area contributed by atoms with Crippen LogP contribution in [0.1, 0.15) is 0 Å². The zero-order valence-electron chi connectivity index (χ0n) is 19.0. The Bertz CT molecular complexity index is 1760. The van der Waals surface area contributed by atoms with Crippen LogP contribution in [0.2, 0.25) is 0 Å². The lowest BCUT2D eigenvalue weighted by atomic mass is 9.85. The summed E-state index contributed by atoms with van der Waals surface area (Å²) in [6.45, 7) is 0.